The van der Waals surface area contributed by atoms with Crippen molar-refractivity contribution in [3.63, 3.8) is 0 Å². The van der Waals surface area contributed by atoms with Gasteiger partial charge in [-0.05, 0) is 22.0 Å². The molecule has 0 unspecified atom stereocenters. The van der Waals surface area contributed by atoms with Crippen LogP contribution in [0.5, 0.6) is 5.75 Å². The third-order valence-electron chi connectivity index (χ3n) is 1.54. The molecule has 1 rings (SSSR count). The van der Waals surface area contributed by atoms with Crippen LogP contribution in [0.2, 0.25) is 0 Å². The molecule has 0 atom stereocenters. The van der Waals surface area contributed by atoms with Crippen LogP contribution < -0.4 is 10.5 Å². The van der Waals surface area contributed by atoms with Gasteiger partial charge in [-0.1, -0.05) is 0 Å². The number of halogens is 4. The predicted octanol–water partition coefficient (Wildman–Crippen LogP) is 2.07. The molecule has 86 valence electrons. The molecule has 2 N–H and O–H groups in total. The van der Waals surface area contributed by atoms with Crippen molar-refractivity contribution in [2.45, 2.75) is 12.9 Å². The van der Waals surface area contributed by atoms with E-state index < -0.39 is 12.1 Å². The van der Waals surface area contributed by atoms with Crippen molar-refractivity contribution in [3.05, 3.63) is 21.9 Å². The summed E-state index contributed by atoms with van der Waals surface area (Å²) in [5.41, 5.74) is 4.81. The van der Waals surface area contributed by atoms with Gasteiger partial charge in [0, 0.05) is 6.54 Å². The van der Waals surface area contributed by atoms with Gasteiger partial charge in [-0.2, -0.15) is 5.26 Å². The molecule has 8 heteroatoms. The Labute approximate surface area is 97.0 Å². The molecule has 16 heavy (non-hydrogen) atoms. The van der Waals surface area contributed by atoms with Crippen molar-refractivity contribution in [3.8, 4) is 11.8 Å². The van der Waals surface area contributed by atoms with Crippen molar-refractivity contribution >= 4 is 15.9 Å². The van der Waals surface area contributed by atoms with E-state index in [1.807, 2.05) is 0 Å². The minimum Gasteiger partial charge on any atom is -0.402 e. The molecule has 1 aromatic heterocycles. The fraction of sp³-hybridized carbons (Fsp3) is 0.250. The van der Waals surface area contributed by atoms with Crippen molar-refractivity contribution in [2.24, 2.45) is 5.73 Å². The fourth-order valence-electron chi connectivity index (χ4n) is 1.00. The van der Waals surface area contributed by atoms with Crippen LogP contribution in [0.3, 0.4) is 0 Å². The minimum atomic E-state index is -4.88. The first-order valence-electron chi connectivity index (χ1n) is 3.92. The van der Waals surface area contributed by atoms with E-state index in [4.69, 9.17) is 11.0 Å². The first kappa shape index (κ1) is 12.7. The zero-order valence-electron chi connectivity index (χ0n) is 7.68. The molecule has 1 heterocycles. The molecular weight excluding hydrogens is 291 g/mol. The Morgan fingerprint density at radius 3 is 2.62 bits per heavy atom. The van der Waals surface area contributed by atoms with Crippen LogP contribution in [-0.2, 0) is 6.54 Å². The first-order chi connectivity index (χ1) is 7.37. The third-order valence-corrected chi connectivity index (χ3v) is 1.95. The average Bonchev–Trinajstić information content (AvgIpc) is 2.18. The lowest BCUT2D eigenvalue weighted by atomic mass is 10.2. The van der Waals surface area contributed by atoms with Crippen LogP contribution in [0.4, 0.5) is 13.2 Å². The molecule has 0 amide bonds. The molecule has 0 bridgehead atoms. The van der Waals surface area contributed by atoms with Gasteiger partial charge in [-0.15, -0.1) is 13.2 Å². The normalized spacial score (nSPS) is 11.0. The standard InChI is InChI=1S/C8H5BrF3N3O/c9-6-1-4(2-13)7(5(3-14)15-6)16-8(10,11)12/h1H,3,14H2. The summed E-state index contributed by atoms with van der Waals surface area (Å²) in [7, 11) is 0. The van der Waals surface area contributed by atoms with E-state index in [-0.39, 0.29) is 22.4 Å². The Morgan fingerprint density at radius 2 is 2.19 bits per heavy atom. The molecular formula is C8H5BrF3N3O. The van der Waals surface area contributed by atoms with Crippen LogP contribution in [-0.4, -0.2) is 11.3 Å². The zero-order valence-corrected chi connectivity index (χ0v) is 9.26. The second-order valence-electron chi connectivity index (χ2n) is 2.63. The highest BCUT2D eigenvalue weighted by atomic mass is 79.9. The molecule has 0 aliphatic carbocycles. The van der Waals surface area contributed by atoms with Gasteiger partial charge in [0.1, 0.15) is 10.7 Å². The molecule has 0 saturated carbocycles. The average molecular weight is 296 g/mol. The Kier molecular flexibility index (Phi) is 3.72. The van der Waals surface area contributed by atoms with E-state index in [9.17, 15) is 13.2 Å². The van der Waals surface area contributed by atoms with E-state index >= 15 is 0 Å². The van der Waals surface area contributed by atoms with Crippen LogP contribution >= 0.6 is 15.9 Å². The van der Waals surface area contributed by atoms with Gasteiger partial charge in [0.25, 0.3) is 0 Å². The van der Waals surface area contributed by atoms with E-state index in [0.717, 1.165) is 6.07 Å². The predicted molar refractivity (Wildman–Crippen MR) is 51.2 cm³/mol. The van der Waals surface area contributed by atoms with E-state index in [0.29, 0.717) is 0 Å². The topological polar surface area (TPSA) is 71.9 Å². The molecule has 4 nitrogen and oxygen atoms in total. The number of hydrogen-bond acceptors (Lipinski definition) is 4. The number of hydrogen-bond donors (Lipinski definition) is 1. The van der Waals surface area contributed by atoms with Crippen LogP contribution in [0.1, 0.15) is 11.3 Å². The lowest BCUT2D eigenvalue weighted by Crippen LogP contribution is -2.20. The lowest BCUT2D eigenvalue weighted by Gasteiger charge is -2.13. The highest BCUT2D eigenvalue weighted by Crippen LogP contribution is 2.30. The van der Waals surface area contributed by atoms with E-state index in [1.165, 1.54) is 0 Å². The molecule has 0 aliphatic rings. The molecule has 0 saturated heterocycles. The number of ether oxygens (including phenoxy) is 1. The fourth-order valence-corrected chi connectivity index (χ4v) is 1.45. The molecule has 0 radical (unpaired) electrons. The zero-order chi connectivity index (χ0) is 12.3. The van der Waals surface area contributed by atoms with Gasteiger partial charge in [0.05, 0.1) is 11.3 Å². The number of alkyl halides is 3. The maximum Gasteiger partial charge on any atom is 0.573 e. The van der Waals surface area contributed by atoms with Gasteiger partial charge < -0.3 is 10.5 Å². The Morgan fingerprint density at radius 1 is 1.56 bits per heavy atom. The second kappa shape index (κ2) is 4.67. The maximum absolute atomic E-state index is 12.1. The number of nitrogens with zero attached hydrogens (tertiary/aromatic N) is 2. The number of nitriles is 1. The first-order valence-corrected chi connectivity index (χ1v) is 4.72. The SMILES string of the molecule is N#Cc1cc(Br)nc(CN)c1OC(F)(F)F. The summed E-state index contributed by atoms with van der Waals surface area (Å²) in [4.78, 5) is 3.70. The van der Waals surface area contributed by atoms with Gasteiger partial charge >= 0.3 is 6.36 Å². The highest BCUT2D eigenvalue weighted by Gasteiger charge is 2.33. The molecule has 0 aromatic carbocycles. The van der Waals surface area contributed by atoms with Gasteiger partial charge in [0.2, 0.25) is 0 Å². The number of aromatic nitrogens is 1. The molecule has 0 fully saturated rings. The van der Waals surface area contributed by atoms with Crippen LogP contribution in [0, 0.1) is 11.3 Å². The molecule has 0 aliphatic heterocycles. The van der Waals surface area contributed by atoms with Crippen LogP contribution in [0.15, 0.2) is 10.7 Å². The summed E-state index contributed by atoms with van der Waals surface area (Å²) in [6.45, 7) is -0.264. The van der Waals surface area contributed by atoms with Crippen molar-refractivity contribution in [2.75, 3.05) is 0 Å². The smallest absolute Gasteiger partial charge is 0.402 e. The number of nitrogens with two attached hydrogens (primary N) is 1. The van der Waals surface area contributed by atoms with E-state index in [1.54, 1.807) is 6.07 Å². The number of rotatable bonds is 2. The summed E-state index contributed by atoms with van der Waals surface area (Å²) >= 11 is 2.95. The minimum absolute atomic E-state index is 0.136. The van der Waals surface area contributed by atoms with Crippen molar-refractivity contribution < 1.29 is 17.9 Å². The van der Waals surface area contributed by atoms with Crippen molar-refractivity contribution in [1.82, 2.24) is 4.98 Å². The maximum atomic E-state index is 12.1. The van der Waals surface area contributed by atoms with E-state index in [2.05, 4.69) is 25.7 Å². The largest absolute Gasteiger partial charge is 0.573 e. The Balaban J connectivity index is 3.29. The van der Waals surface area contributed by atoms with Gasteiger partial charge in [0.15, 0.2) is 5.75 Å². The van der Waals surface area contributed by atoms with Gasteiger partial charge in [-0.3, -0.25) is 0 Å². The molecule has 1 aromatic rings. The quantitative estimate of drug-likeness (QED) is 0.848. The molecule has 0 spiro atoms. The number of pyridine rings is 1. The summed E-state index contributed by atoms with van der Waals surface area (Å²) in [6.07, 6.45) is -4.88. The van der Waals surface area contributed by atoms with Crippen LogP contribution in [0.25, 0.3) is 0 Å². The Bertz CT molecular complexity index is 441. The van der Waals surface area contributed by atoms with Gasteiger partial charge in [-0.25, -0.2) is 4.98 Å². The van der Waals surface area contributed by atoms with Crippen molar-refractivity contribution in [1.29, 1.82) is 5.26 Å². The monoisotopic (exact) mass is 295 g/mol. The lowest BCUT2D eigenvalue weighted by molar-refractivity contribution is -0.275. The highest BCUT2D eigenvalue weighted by molar-refractivity contribution is 9.10. The summed E-state index contributed by atoms with van der Waals surface area (Å²) in [6, 6.07) is 2.71. The third kappa shape index (κ3) is 3.08. The Hall–Kier alpha value is -1.33. The summed E-state index contributed by atoms with van der Waals surface area (Å²) < 4.78 is 40.1. The summed E-state index contributed by atoms with van der Waals surface area (Å²) in [5.74, 6) is -0.652. The second-order valence-corrected chi connectivity index (χ2v) is 3.44. The summed E-state index contributed by atoms with van der Waals surface area (Å²) in [5, 5.41) is 8.67.